The lowest BCUT2D eigenvalue weighted by atomic mass is 10.1. The molecule has 2 aromatic carbocycles. The van der Waals surface area contributed by atoms with Gasteiger partial charge < -0.3 is 5.32 Å². The molecule has 1 fully saturated rings. The molecule has 0 aliphatic carbocycles. The van der Waals surface area contributed by atoms with E-state index >= 15 is 0 Å². The molecule has 0 saturated carbocycles. The second-order valence-electron chi connectivity index (χ2n) is 6.25. The first-order valence-corrected chi connectivity index (χ1v) is 10.4. The molecular formula is C19H21ClN2O3S. The number of nitrogens with zero attached hydrogens (tertiary/aromatic N) is 1. The molecule has 0 bridgehead atoms. The Morgan fingerprint density at radius 2 is 1.81 bits per heavy atom. The molecule has 0 aromatic heterocycles. The fraction of sp³-hybridized carbons (Fsp3) is 0.316. The molecule has 26 heavy (non-hydrogen) atoms. The highest BCUT2D eigenvalue weighted by molar-refractivity contribution is 7.89. The Morgan fingerprint density at radius 3 is 2.42 bits per heavy atom. The van der Waals surface area contributed by atoms with Crippen LogP contribution >= 0.6 is 11.6 Å². The monoisotopic (exact) mass is 392 g/mol. The van der Waals surface area contributed by atoms with Gasteiger partial charge in [0.15, 0.2) is 0 Å². The zero-order chi connectivity index (χ0) is 18.7. The number of rotatable bonds is 5. The molecule has 1 amide bonds. The number of nitrogens with one attached hydrogen (secondary N) is 1. The van der Waals surface area contributed by atoms with Gasteiger partial charge in [-0.05, 0) is 54.8 Å². The van der Waals surface area contributed by atoms with Crippen LogP contribution in [0, 0.1) is 0 Å². The van der Waals surface area contributed by atoms with Crippen molar-refractivity contribution in [2.45, 2.75) is 37.1 Å². The van der Waals surface area contributed by atoms with Gasteiger partial charge in [0.1, 0.15) is 0 Å². The van der Waals surface area contributed by atoms with Gasteiger partial charge in [-0.3, -0.25) is 4.79 Å². The van der Waals surface area contributed by atoms with Crippen molar-refractivity contribution in [3.63, 3.8) is 0 Å². The lowest BCUT2D eigenvalue weighted by Crippen LogP contribution is -2.30. The fourth-order valence-electron chi connectivity index (χ4n) is 3.14. The van der Waals surface area contributed by atoms with Crippen molar-refractivity contribution in [3.8, 4) is 0 Å². The van der Waals surface area contributed by atoms with Gasteiger partial charge in [0.2, 0.25) is 15.9 Å². The summed E-state index contributed by atoms with van der Waals surface area (Å²) in [6, 6.07) is 13.5. The first kappa shape index (κ1) is 18.9. The first-order chi connectivity index (χ1) is 12.4. The molecular weight excluding hydrogens is 372 g/mol. The Labute approximate surface area is 159 Å². The number of anilines is 1. The van der Waals surface area contributed by atoms with E-state index in [-0.39, 0.29) is 16.8 Å². The van der Waals surface area contributed by atoms with E-state index in [2.05, 4.69) is 5.32 Å². The van der Waals surface area contributed by atoms with Crippen LogP contribution in [-0.4, -0.2) is 25.2 Å². The van der Waals surface area contributed by atoms with Crippen LogP contribution in [0.25, 0.3) is 0 Å². The van der Waals surface area contributed by atoms with Crippen LogP contribution in [0.5, 0.6) is 0 Å². The van der Waals surface area contributed by atoms with E-state index in [1.165, 1.54) is 12.1 Å². The predicted molar refractivity (Wildman–Crippen MR) is 103 cm³/mol. The third kappa shape index (κ3) is 3.92. The molecule has 1 saturated heterocycles. The second kappa shape index (κ2) is 7.78. The molecule has 138 valence electrons. The molecule has 2 aromatic rings. The maximum Gasteiger partial charge on any atom is 0.243 e. The van der Waals surface area contributed by atoms with Crippen molar-refractivity contribution >= 4 is 33.2 Å². The van der Waals surface area contributed by atoms with Gasteiger partial charge in [0.05, 0.1) is 10.9 Å². The zero-order valence-electron chi connectivity index (χ0n) is 14.5. The maximum atomic E-state index is 13.1. The molecule has 1 heterocycles. The second-order valence-corrected chi connectivity index (χ2v) is 8.58. The molecule has 0 unspecified atom stereocenters. The third-order valence-corrected chi connectivity index (χ3v) is 6.70. The number of carbonyl (C=O) groups excluding carboxylic acids is 1. The Hall–Kier alpha value is -1.89. The Morgan fingerprint density at radius 1 is 1.15 bits per heavy atom. The number of carbonyl (C=O) groups is 1. The van der Waals surface area contributed by atoms with Gasteiger partial charge in [-0.2, -0.15) is 4.31 Å². The summed E-state index contributed by atoms with van der Waals surface area (Å²) in [6.45, 7) is 2.25. The number of hydrogen-bond donors (Lipinski definition) is 1. The minimum atomic E-state index is -3.61. The average Bonchev–Trinajstić information content (AvgIpc) is 3.13. The van der Waals surface area contributed by atoms with Crippen molar-refractivity contribution < 1.29 is 13.2 Å². The van der Waals surface area contributed by atoms with E-state index in [1.54, 1.807) is 35.5 Å². The van der Waals surface area contributed by atoms with E-state index in [9.17, 15) is 13.2 Å². The molecule has 7 heteroatoms. The molecule has 1 aliphatic heterocycles. The van der Waals surface area contributed by atoms with Gasteiger partial charge in [-0.1, -0.05) is 30.7 Å². The van der Waals surface area contributed by atoms with E-state index in [0.717, 1.165) is 18.4 Å². The van der Waals surface area contributed by atoms with Gasteiger partial charge >= 0.3 is 0 Å². The summed E-state index contributed by atoms with van der Waals surface area (Å²) in [5.41, 5.74) is 1.54. The van der Waals surface area contributed by atoms with Crippen LogP contribution in [0.4, 0.5) is 5.69 Å². The number of amides is 1. The van der Waals surface area contributed by atoms with Crippen LogP contribution in [0.2, 0.25) is 5.02 Å². The van der Waals surface area contributed by atoms with E-state index in [1.807, 2.05) is 12.1 Å². The minimum Gasteiger partial charge on any atom is -0.326 e. The normalized spacial score (nSPS) is 18.0. The van der Waals surface area contributed by atoms with Crippen molar-refractivity contribution in [3.05, 3.63) is 59.1 Å². The largest absolute Gasteiger partial charge is 0.326 e. The number of hydrogen-bond acceptors (Lipinski definition) is 3. The average molecular weight is 393 g/mol. The van der Waals surface area contributed by atoms with E-state index in [4.69, 9.17) is 11.6 Å². The molecule has 0 spiro atoms. The highest BCUT2D eigenvalue weighted by Crippen LogP contribution is 2.37. The van der Waals surface area contributed by atoms with Crippen molar-refractivity contribution in [1.82, 2.24) is 4.31 Å². The molecule has 5 nitrogen and oxygen atoms in total. The SMILES string of the molecule is CCC(=O)Nc1ccc(S(=O)(=O)N2CCC[C@H]2c2ccc(Cl)cc2)cc1. The fourth-order valence-corrected chi connectivity index (χ4v) is 4.95. The summed E-state index contributed by atoms with van der Waals surface area (Å²) in [6.07, 6.45) is 1.97. The van der Waals surface area contributed by atoms with E-state index in [0.29, 0.717) is 23.7 Å². The number of benzene rings is 2. The van der Waals surface area contributed by atoms with Crippen molar-refractivity contribution in [2.24, 2.45) is 0 Å². The van der Waals surface area contributed by atoms with Gasteiger partial charge in [-0.15, -0.1) is 0 Å². The topological polar surface area (TPSA) is 66.5 Å². The van der Waals surface area contributed by atoms with Crippen molar-refractivity contribution in [1.29, 1.82) is 0 Å². The maximum absolute atomic E-state index is 13.1. The van der Waals surface area contributed by atoms with Gasteiger partial charge in [0.25, 0.3) is 0 Å². The molecule has 3 rings (SSSR count). The molecule has 1 aliphatic rings. The highest BCUT2D eigenvalue weighted by Gasteiger charge is 2.36. The third-order valence-electron chi connectivity index (χ3n) is 4.52. The van der Waals surface area contributed by atoms with Crippen LogP contribution < -0.4 is 5.32 Å². The minimum absolute atomic E-state index is 0.108. The Balaban J connectivity index is 1.84. The molecule has 0 radical (unpaired) electrons. The predicted octanol–water partition coefficient (Wildman–Crippen LogP) is 4.21. The van der Waals surface area contributed by atoms with Crippen LogP contribution in [-0.2, 0) is 14.8 Å². The lowest BCUT2D eigenvalue weighted by molar-refractivity contribution is -0.115. The number of halogens is 1. The van der Waals surface area contributed by atoms with Gasteiger partial charge in [0, 0.05) is 23.7 Å². The first-order valence-electron chi connectivity index (χ1n) is 8.59. The highest BCUT2D eigenvalue weighted by atomic mass is 35.5. The lowest BCUT2D eigenvalue weighted by Gasteiger charge is -2.24. The summed E-state index contributed by atoms with van der Waals surface area (Å²) in [5, 5.41) is 3.35. The summed E-state index contributed by atoms with van der Waals surface area (Å²) in [4.78, 5) is 11.7. The smallest absolute Gasteiger partial charge is 0.243 e. The van der Waals surface area contributed by atoms with Crippen LogP contribution in [0.1, 0.15) is 37.8 Å². The summed E-state index contributed by atoms with van der Waals surface area (Å²) >= 11 is 5.94. The van der Waals surface area contributed by atoms with Gasteiger partial charge in [-0.25, -0.2) is 8.42 Å². The molecule has 1 atom stereocenters. The van der Waals surface area contributed by atoms with Crippen LogP contribution in [0.15, 0.2) is 53.4 Å². The Bertz CT molecular complexity index is 880. The standard InChI is InChI=1S/C19H21ClN2O3S/c1-2-19(23)21-16-9-11-17(12-10-16)26(24,25)22-13-3-4-18(22)14-5-7-15(20)8-6-14/h5-12,18H,2-4,13H2,1H3,(H,21,23)/t18-/m0/s1. The van der Waals surface area contributed by atoms with E-state index < -0.39 is 10.0 Å². The number of sulfonamides is 1. The molecule has 1 N–H and O–H groups in total. The van der Waals surface area contributed by atoms with Crippen LogP contribution in [0.3, 0.4) is 0 Å². The Kier molecular flexibility index (Phi) is 5.65. The zero-order valence-corrected chi connectivity index (χ0v) is 16.1. The van der Waals surface area contributed by atoms with Crippen molar-refractivity contribution in [2.75, 3.05) is 11.9 Å². The summed E-state index contributed by atoms with van der Waals surface area (Å²) in [7, 11) is -3.61. The summed E-state index contributed by atoms with van der Waals surface area (Å²) in [5.74, 6) is -0.108. The quantitative estimate of drug-likeness (QED) is 0.828. The summed E-state index contributed by atoms with van der Waals surface area (Å²) < 4.78 is 27.7.